The van der Waals surface area contributed by atoms with Crippen LogP contribution in [0.25, 0.3) is 0 Å². The van der Waals surface area contributed by atoms with Crippen molar-refractivity contribution in [1.82, 2.24) is 0 Å². The summed E-state index contributed by atoms with van der Waals surface area (Å²) in [6.45, 7) is 0.204. The SMILES string of the molecule is Nc1ccc(C(=O)O)cc1Nc1ccc2c(c1)OCO2. The van der Waals surface area contributed by atoms with Crippen molar-refractivity contribution in [3.8, 4) is 11.5 Å². The van der Waals surface area contributed by atoms with E-state index in [2.05, 4.69) is 5.32 Å². The van der Waals surface area contributed by atoms with Crippen LogP contribution < -0.4 is 20.5 Å². The highest BCUT2D eigenvalue weighted by molar-refractivity contribution is 5.91. The molecule has 0 aromatic heterocycles. The summed E-state index contributed by atoms with van der Waals surface area (Å²) in [7, 11) is 0. The van der Waals surface area contributed by atoms with Gasteiger partial charge in [0.2, 0.25) is 6.79 Å². The minimum absolute atomic E-state index is 0.169. The van der Waals surface area contributed by atoms with E-state index in [-0.39, 0.29) is 12.4 Å². The summed E-state index contributed by atoms with van der Waals surface area (Å²) in [6.07, 6.45) is 0. The molecule has 1 aliphatic heterocycles. The lowest BCUT2D eigenvalue weighted by Crippen LogP contribution is -2.01. The standard InChI is InChI=1S/C14H12N2O4/c15-10-3-1-8(14(17)18)5-11(10)16-9-2-4-12-13(6-9)20-7-19-12/h1-6,16H,7,15H2,(H,17,18). The molecule has 6 heteroatoms. The number of anilines is 3. The van der Waals surface area contributed by atoms with Crippen LogP contribution in [0.2, 0.25) is 0 Å². The van der Waals surface area contributed by atoms with E-state index in [1.54, 1.807) is 24.3 Å². The Balaban J connectivity index is 1.91. The summed E-state index contributed by atoms with van der Waals surface area (Å²) in [5.74, 6) is 0.324. The summed E-state index contributed by atoms with van der Waals surface area (Å²) in [5.41, 5.74) is 7.74. The van der Waals surface area contributed by atoms with Crippen molar-refractivity contribution in [2.24, 2.45) is 0 Å². The monoisotopic (exact) mass is 272 g/mol. The Kier molecular flexibility index (Phi) is 2.83. The van der Waals surface area contributed by atoms with Gasteiger partial charge in [0.15, 0.2) is 11.5 Å². The highest BCUT2D eigenvalue weighted by Gasteiger charge is 2.14. The van der Waals surface area contributed by atoms with Crippen molar-refractivity contribution in [2.75, 3.05) is 17.8 Å². The molecule has 0 unspecified atom stereocenters. The molecule has 2 aromatic carbocycles. The van der Waals surface area contributed by atoms with Gasteiger partial charge in [-0.3, -0.25) is 0 Å². The number of carbonyl (C=O) groups is 1. The van der Waals surface area contributed by atoms with Crippen LogP contribution in [0.1, 0.15) is 10.4 Å². The molecule has 0 atom stereocenters. The lowest BCUT2D eigenvalue weighted by Gasteiger charge is -2.10. The first kappa shape index (κ1) is 12.2. The first-order chi connectivity index (χ1) is 9.63. The number of benzene rings is 2. The molecular weight excluding hydrogens is 260 g/mol. The number of hydrogen-bond donors (Lipinski definition) is 3. The van der Waals surface area contributed by atoms with Gasteiger partial charge in [0.1, 0.15) is 0 Å². The van der Waals surface area contributed by atoms with E-state index >= 15 is 0 Å². The highest BCUT2D eigenvalue weighted by atomic mass is 16.7. The Hall–Kier alpha value is -2.89. The number of nitrogens with one attached hydrogen (secondary N) is 1. The Morgan fingerprint density at radius 1 is 1.15 bits per heavy atom. The molecule has 0 fully saturated rings. The zero-order valence-corrected chi connectivity index (χ0v) is 10.4. The Bertz CT molecular complexity index is 685. The number of nitrogen functional groups attached to an aromatic ring is 1. The maximum Gasteiger partial charge on any atom is 0.335 e. The van der Waals surface area contributed by atoms with Gasteiger partial charge in [-0.1, -0.05) is 0 Å². The summed E-state index contributed by atoms with van der Waals surface area (Å²) >= 11 is 0. The predicted octanol–water partition coefficient (Wildman–Crippen LogP) is 2.44. The molecule has 0 radical (unpaired) electrons. The van der Waals surface area contributed by atoms with Crippen molar-refractivity contribution in [2.45, 2.75) is 0 Å². The van der Waals surface area contributed by atoms with E-state index in [0.717, 1.165) is 5.69 Å². The van der Waals surface area contributed by atoms with Crippen molar-refractivity contribution in [3.63, 3.8) is 0 Å². The summed E-state index contributed by atoms with van der Waals surface area (Å²) in [5, 5.41) is 12.1. The number of fused-ring (bicyclic) bond motifs is 1. The molecule has 2 aromatic rings. The van der Waals surface area contributed by atoms with E-state index in [1.807, 2.05) is 0 Å². The normalized spacial score (nSPS) is 12.2. The Morgan fingerprint density at radius 2 is 1.95 bits per heavy atom. The fourth-order valence-electron chi connectivity index (χ4n) is 1.93. The van der Waals surface area contributed by atoms with Crippen molar-refractivity contribution < 1.29 is 19.4 Å². The van der Waals surface area contributed by atoms with Crippen molar-refractivity contribution >= 4 is 23.0 Å². The van der Waals surface area contributed by atoms with Gasteiger partial charge in [-0.25, -0.2) is 4.79 Å². The maximum atomic E-state index is 11.0. The van der Waals surface area contributed by atoms with Gasteiger partial charge in [-0.05, 0) is 30.3 Å². The molecule has 0 spiro atoms. The van der Waals surface area contributed by atoms with Crippen LogP contribution in [-0.2, 0) is 0 Å². The van der Waals surface area contributed by atoms with E-state index in [4.69, 9.17) is 20.3 Å². The molecular formula is C14H12N2O4. The second-order valence-corrected chi connectivity index (χ2v) is 4.30. The molecule has 0 amide bonds. The third kappa shape index (κ3) is 2.18. The zero-order valence-electron chi connectivity index (χ0n) is 10.4. The summed E-state index contributed by atoms with van der Waals surface area (Å²) in [4.78, 5) is 11.0. The van der Waals surface area contributed by atoms with Crippen LogP contribution in [-0.4, -0.2) is 17.9 Å². The van der Waals surface area contributed by atoms with Crippen molar-refractivity contribution in [3.05, 3.63) is 42.0 Å². The average Bonchev–Trinajstić information content (AvgIpc) is 2.88. The molecule has 3 rings (SSSR count). The number of nitrogens with two attached hydrogens (primary N) is 1. The van der Waals surface area contributed by atoms with E-state index < -0.39 is 5.97 Å². The Labute approximate surface area is 114 Å². The highest BCUT2D eigenvalue weighted by Crippen LogP contribution is 2.35. The fourth-order valence-corrected chi connectivity index (χ4v) is 1.93. The number of carboxylic acid groups (broad SMARTS) is 1. The van der Waals surface area contributed by atoms with Gasteiger partial charge < -0.3 is 25.6 Å². The molecule has 0 aliphatic carbocycles. The molecule has 102 valence electrons. The van der Waals surface area contributed by atoms with Gasteiger partial charge in [-0.15, -0.1) is 0 Å². The molecule has 0 saturated carbocycles. The van der Waals surface area contributed by atoms with E-state index in [0.29, 0.717) is 22.9 Å². The quantitative estimate of drug-likeness (QED) is 0.743. The van der Waals surface area contributed by atoms with Crippen LogP contribution in [0.5, 0.6) is 11.5 Å². The minimum Gasteiger partial charge on any atom is -0.478 e. The largest absolute Gasteiger partial charge is 0.478 e. The van der Waals surface area contributed by atoms with E-state index in [1.165, 1.54) is 12.1 Å². The zero-order chi connectivity index (χ0) is 14.1. The van der Waals surface area contributed by atoms with Gasteiger partial charge in [-0.2, -0.15) is 0 Å². The molecule has 6 nitrogen and oxygen atoms in total. The first-order valence-electron chi connectivity index (χ1n) is 5.93. The van der Waals surface area contributed by atoms with Gasteiger partial charge >= 0.3 is 5.97 Å². The molecule has 1 aliphatic rings. The third-order valence-electron chi connectivity index (χ3n) is 2.95. The first-order valence-corrected chi connectivity index (χ1v) is 5.93. The van der Waals surface area contributed by atoms with Crippen LogP contribution in [0, 0.1) is 0 Å². The number of aromatic carboxylic acids is 1. The van der Waals surface area contributed by atoms with E-state index in [9.17, 15) is 4.79 Å². The third-order valence-corrected chi connectivity index (χ3v) is 2.95. The van der Waals surface area contributed by atoms with Gasteiger partial charge in [0, 0.05) is 11.8 Å². The summed E-state index contributed by atoms with van der Waals surface area (Å²) < 4.78 is 10.5. The smallest absolute Gasteiger partial charge is 0.335 e. The fraction of sp³-hybridized carbons (Fsp3) is 0.0714. The van der Waals surface area contributed by atoms with Crippen LogP contribution in [0.3, 0.4) is 0 Å². The number of ether oxygens (including phenoxy) is 2. The molecule has 20 heavy (non-hydrogen) atoms. The second-order valence-electron chi connectivity index (χ2n) is 4.30. The second kappa shape index (κ2) is 4.65. The number of rotatable bonds is 3. The average molecular weight is 272 g/mol. The molecule has 4 N–H and O–H groups in total. The predicted molar refractivity (Wildman–Crippen MR) is 73.7 cm³/mol. The van der Waals surface area contributed by atoms with Crippen LogP contribution in [0.4, 0.5) is 17.1 Å². The Morgan fingerprint density at radius 3 is 2.75 bits per heavy atom. The number of carboxylic acids is 1. The summed E-state index contributed by atoms with van der Waals surface area (Å²) in [6, 6.07) is 9.86. The van der Waals surface area contributed by atoms with Crippen molar-refractivity contribution in [1.29, 1.82) is 0 Å². The van der Waals surface area contributed by atoms with Gasteiger partial charge in [0.25, 0.3) is 0 Å². The van der Waals surface area contributed by atoms with Crippen LogP contribution >= 0.6 is 0 Å². The molecule has 0 bridgehead atoms. The molecule has 1 heterocycles. The topological polar surface area (TPSA) is 93.8 Å². The lowest BCUT2D eigenvalue weighted by atomic mass is 10.1. The van der Waals surface area contributed by atoms with Crippen LogP contribution in [0.15, 0.2) is 36.4 Å². The maximum absolute atomic E-state index is 11.0. The lowest BCUT2D eigenvalue weighted by molar-refractivity contribution is 0.0697. The number of hydrogen-bond acceptors (Lipinski definition) is 5. The van der Waals surface area contributed by atoms with Gasteiger partial charge in [0.05, 0.1) is 16.9 Å². The molecule has 0 saturated heterocycles. The minimum atomic E-state index is -1.00.